The Labute approximate surface area is 99.5 Å². The highest BCUT2D eigenvalue weighted by atomic mass is 32.2. The molecule has 1 heterocycles. The van der Waals surface area contributed by atoms with Gasteiger partial charge in [-0.1, -0.05) is 27.2 Å². The molecule has 0 aromatic heterocycles. The van der Waals surface area contributed by atoms with Crippen molar-refractivity contribution < 1.29 is 8.42 Å². The highest BCUT2D eigenvalue weighted by Gasteiger charge is 2.31. The van der Waals surface area contributed by atoms with Gasteiger partial charge in [0.25, 0.3) is 0 Å². The van der Waals surface area contributed by atoms with Gasteiger partial charge >= 0.3 is 0 Å². The summed E-state index contributed by atoms with van der Waals surface area (Å²) >= 11 is 0. The molecule has 0 saturated carbocycles. The lowest BCUT2D eigenvalue weighted by molar-refractivity contribution is 0.344. The summed E-state index contributed by atoms with van der Waals surface area (Å²) in [7, 11) is -3.07. The molecule has 2 atom stereocenters. The van der Waals surface area contributed by atoms with Crippen LogP contribution in [0.1, 0.15) is 33.6 Å². The molecule has 0 radical (unpaired) electrons. The zero-order valence-corrected chi connectivity index (χ0v) is 11.4. The van der Waals surface area contributed by atoms with Crippen LogP contribution in [0.4, 0.5) is 0 Å². The Morgan fingerprint density at radius 3 is 2.50 bits per heavy atom. The fourth-order valence-corrected chi connectivity index (χ4v) is 3.66. The topological polar surface area (TPSA) is 49.4 Å². The van der Waals surface area contributed by atoms with Crippen LogP contribution in [0.5, 0.6) is 0 Å². The predicted octanol–water partition coefficient (Wildman–Crippen LogP) is 1.05. The van der Waals surface area contributed by atoms with E-state index >= 15 is 0 Å². The number of unbranched alkanes of at least 4 members (excludes halogenated alkanes) is 1. The Bertz CT molecular complexity index is 303. The van der Waals surface area contributed by atoms with Crippen LogP contribution < -0.4 is 4.72 Å². The molecule has 96 valence electrons. The largest absolute Gasteiger partial charge is 0.302 e. The van der Waals surface area contributed by atoms with Crippen molar-refractivity contribution in [2.45, 2.75) is 39.7 Å². The van der Waals surface area contributed by atoms with Gasteiger partial charge in [0.2, 0.25) is 10.0 Å². The second-order valence-electron chi connectivity index (χ2n) is 4.73. The van der Waals surface area contributed by atoms with E-state index in [0.717, 1.165) is 32.5 Å². The Kier molecular flexibility index (Phi) is 5.21. The number of rotatable bonds is 6. The Morgan fingerprint density at radius 1 is 1.31 bits per heavy atom. The Balaban J connectivity index is 2.48. The summed E-state index contributed by atoms with van der Waals surface area (Å²) in [5, 5.41) is 0. The third kappa shape index (κ3) is 4.03. The maximum atomic E-state index is 11.8. The Morgan fingerprint density at radius 2 is 2.00 bits per heavy atom. The zero-order valence-electron chi connectivity index (χ0n) is 10.6. The molecule has 4 nitrogen and oxygen atoms in total. The van der Waals surface area contributed by atoms with E-state index in [2.05, 4.69) is 23.5 Å². The standard InChI is InChI=1S/C11H24N2O2S/c1-4-6-7-16(14,15)12-11-9-13(5-2)8-10(11)3/h10-12H,4-9H2,1-3H3/t10-,11-/m1/s1. The molecular formula is C11H24N2O2S. The molecule has 1 saturated heterocycles. The highest BCUT2D eigenvalue weighted by Crippen LogP contribution is 2.16. The average Bonchev–Trinajstić information content (AvgIpc) is 2.56. The minimum atomic E-state index is -3.07. The van der Waals surface area contributed by atoms with E-state index in [4.69, 9.17) is 0 Å². The lowest BCUT2D eigenvalue weighted by Gasteiger charge is -2.16. The monoisotopic (exact) mass is 248 g/mol. The minimum absolute atomic E-state index is 0.0989. The summed E-state index contributed by atoms with van der Waals surface area (Å²) in [5.74, 6) is 0.676. The van der Waals surface area contributed by atoms with Crippen molar-refractivity contribution in [2.75, 3.05) is 25.4 Å². The number of hydrogen-bond donors (Lipinski definition) is 1. The molecule has 1 N–H and O–H groups in total. The van der Waals surface area contributed by atoms with Crippen LogP contribution in [0.2, 0.25) is 0 Å². The smallest absolute Gasteiger partial charge is 0.211 e. The highest BCUT2D eigenvalue weighted by molar-refractivity contribution is 7.89. The van der Waals surface area contributed by atoms with Gasteiger partial charge in [-0.2, -0.15) is 0 Å². The molecule has 1 aliphatic heterocycles. The molecule has 5 heteroatoms. The summed E-state index contributed by atoms with van der Waals surface area (Å²) in [6, 6.07) is 0.0989. The number of nitrogens with one attached hydrogen (secondary N) is 1. The molecule has 16 heavy (non-hydrogen) atoms. The van der Waals surface area contributed by atoms with Crippen LogP contribution in [0.25, 0.3) is 0 Å². The molecule has 1 rings (SSSR count). The van der Waals surface area contributed by atoms with Crippen LogP contribution in [0.3, 0.4) is 0 Å². The molecule has 0 unspecified atom stereocenters. The van der Waals surface area contributed by atoms with Gasteiger partial charge in [0.15, 0.2) is 0 Å². The second kappa shape index (κ2) is 5.98. The molecule has 0 aromatic rings. The van der Waals surface area contributed by atoms with Crippen molar-refractivity contribution in [2.24, 2.45) is 5.92 Å². The summed E-state index contributed by atoms with van der Waals surface area (Å²) in [6.45, 7) is 9.08. The number of nitrogens with zero attached hydrogens (tertiary/aromatic N) is 1. The van der Waals surface area contributed by atoms with Crippen molar-refractivity contribution >= 4 is 10.0 Å². The van der Waals surface area contributed by atoms with Crippen LogP contribution in [0, 0.1) is 5.92 Å². The third-order valence-electron chi connectivity index (χ3n) is 3.23. The lowest BCUT2D eigenvalue weighted by Crippen LogP contribution is -2.40. The van der Waals surface area contributed by atoms with Gasteiger partial charge in [0.1, 0.15) is 0 Å². The Hall–Kier alpha value is -0.130. The predicted molar refractivity (Wildman–Crippen MR) is 66.9 cm³/mol. The zero-order chi connectivity index (χ0) is 12.2. The van der Waals surface area contributed by atoms with Crippen molar-refractivity contribution in [3.8, 4) is 0 Å². The SMILES string of the molecule is CCCCS(=O)(=O)N[C@@H]1CN(CC)C[C@H]1C. The van der Waals surface area contributed by atoms with E-state index in [1.807, 2.05) is 6.92 Å². The van der Waals surface area contributed by atoms with Gasteiger partial charge in [0, 0.05) is 19.1 Å². The normalized spacial score (nSPS) is 27.4. The number of likely N-dealkylation sites (N-methyl/N-ethyl adjacent to an activating group) is 1. The van der Waals surface area contributed by atoms with Gasteiger partial charge < -0.3 is 4.90 Å². The summed E-state index contributed by atoms with van der Waals surface area (Å²) < 4.78 is 26.3. The van der Waals surface area contributed by atoms with Crippen molar-refractivity contribution in [3.63, 3.8) is 0 Å². The summed E-state index contributed by atoms with van der Waals surface area (Å²) in [4.78, 5) is 2.29. The van der Waals surface area contributed by atoms with E-state index in [1.54, 1.807) is 0 Å². The first kappa shape index (κ1) is 13.9. The van der Waals surface area contributed by atoms with Crippen molar-refractivity contribution in [1.82, 2.24) is 9.62 Å². The van der Waals surface area contributed by atoms with Crippen LogP contribution in [0.15, 0.2) is 0 Å². The third-order valence-corrected chi connectivity index (χ3v) is 4.72. The lowest BCUT2D eigenvalue weighted by atomic mass is 10.1. The van der Waals surface area contributed by atoms with Crippen LogP contribution >= 0.6 is 0 Å². The van der Waals surface area contributed by atoms with Crippen molar-refractivity contribution in [3.05, 3.63) is 0 Å². The fourth-order valence-electron chi connectivity index (χ4n) is 2.10. The van der Waals surface area contributed by atoms with Crippen LogP contribution in [-0.2, 0) is 10.0 Å². The van der Waals surface area contributed by atoms with E-state index in [-0.39, 0.29) is 11.8 Å². The van der Waals surface area contributed by atoms with Crippen LogP contribution in [-0.4, -0.2) is 44.7 Å². The van der Waals surface area contributed by atoms with Gasteiger partial charge in [-0.25, -0.2) is 13.1 Å². The summed E-state index contributed by atoms with van der Waals surface area (Å²) in [6.07, 6.45) is 1.66. The van der Waals surface area contributed by atoms with Gasteiger partial charge in [-0.05, 0) is 18.9 Å². The first-order valence-corrected chi connectivity index (χ1v) is 7.86. The van der Waals surface area contributed by atoms with Gasteiger partial charge in [-0.15, -0.1) is 0 Å². The molecule has 0 spiro atoms. The maximum absolute atomic E-state index is 11.8. The van der Waals surface area contributed by atoms with E-state index in [1.165, 1.54) is 0 Å². The fraction of sp³-hybridized carbons (Fsp3) is 1.00. The first-order chi connectivity index (χ1) is 7.48. The van der Waals surface area contributed by atoms with E-state index < -0.39 is 10.0 Å². The minimum Gasteiger partial charge on any atom is -0.302 e. The average molecular weight is 248 g/mol. The van der Waals surface area contributed by atoms with E-state index in [9.17, 15) is 8.42 Å². The number of hydrogen-bond acceptors (Lipinski definition) is 3. The summed E-state index contributed by atoms with van der Waals surface area (Å²) in [5.41, 5.74) is 0. The quantitative estimate of drug-likeness (QED) is 0.764. The maximum Gasteiger partial charge on any atom is 0.211 e. The first-order valence-electron chi connectivity index (χ1n) is 6.20. The molecule has 1 aliphatic rings. The molecule has 0 aliphatic carbocycles. The van der Waals surface area contributed by atoms with Gasteiger partial charge in [-0.3, -0.25) is 0 Å². The molecular weight excluding hydrogens is 224 g/mol. The number of likely N-dealkylation sites (tertiary alicyclic amines) is 1. The van der Waals surface area contributed by atoms with Crippen molar-refractivity contribution in [1.29, 1.82) is 0 Å². The molecule has 0 amide bonds. The van der Waals surface area contributed by atoms with E-state index in [0.29, 0.717) is 5.92 Å². The van der Waals surface area contributed by atoms with Gasteiger partial charge in [0.05, 0.1) is 5.75 Å². The molecule has 1 fully saturated rings. The number of sulfonamides is 1. The second-order valence-corrected chi connectivity index (χ2v) is 6.60. The molecule has 0 aromatic carbocycles. The molecule has 0 bridgehead atoms.